The minimum Gasteiger partial charge on any atom is -0.497 e. The number of rotatable bonds is 15. The lowest BCUT2D eigenvalue weighted by Gasteiger charge is -2.34. The molecule has 0 aromatic heterocycles. The highest BCUT2D eigenvalue weighted by Gasteiger charge is 2.40. The van der Waals surface area contributed by atoms with Gasteiger partial charge in [0.1, 0.15) is 5.75 Å². The summed E-state index contributed by atoms with van der Waals surface area (Å²) in [5.41, 5.74) is 3.59. The Morgan fingerprint density at radius 1 is 0.786 bits per heavy atom. The van der Waals surface area contributed by atoms with Crippen LogP contribution in [-0.4, -0.2) is 34.3 Å². The summed E-state index contributed by atoms with van der Waals surface area (Å²) in [7, 11) is 0.629. The summed E-state index contributed by atoms with van der Waals surface area (Å²) in [5, 5.41) is 2.78. The van der Waals surface area contributed by atoms with E-state index in [1.165, 1.54) is 34.2 Å². The van der Waals surface area contributed by atoms with E-state index in [9.17, 15) is 4.79 Å². The van der Waals surface area contributed by atoms with Crippen LogP contribution in [0.15, 0.2) is 109 Å². The third kappa shape index (κ3) is 8.60. The Morgan fingerprint density at radius 2 is 1.43 bits per heavy atom. The lowest BCUT2D eigenvalue weighted by atomic mass is 10.0. The minimum atomic E-state index is -2.50. The molecule has 4 aromatic rings. The fourth-order valence-corrected chi connectivity index (χ4v) is 10.9. The summed E-state index contributed by atoms with van der Waals surface area (Å²) in [5.74, 6) is 1.84. The molecule has 0 amide bonds. The van der Waals surface area contributed by atoms with E-state index in [4.69, 9.17) is 13.9 Å². The van der Waals surface area contributed by atoms with Gasteiger partial charge in [-0.1, -0.05) is 111 Å². The fraction of sp³-hybridized carbons (Fsp3) is 0.306. The molecular weight excluding hydrogens is 557 g/mol. The topological polar surface area (TPSA) is 44.8 Å². The number of ether oxygens (including phenoxy) is 2. The van der Waals surface area contributed by atoms with Gasteiger partial charge >= 0.3 is 5.97 Å². The van der Waals surface area contributed by atoms with Crippen molar-refractivity contribution in [3.05, 3.63) is 126 Å². The van der Waals surface area contributed by atoms with Gasteiger partial charge in [-0.3, -0.25) is 4.79 Å². The van der Waals surface area contributed by atoms with E-state index in [1.807, 2.05) is 12.1 Å². The van der Waals surface area contributed by atoms with E-state index in [2.05, 4.69) is 111 Å². The number of carbonyl (C=O) groups is 1. The Morgan fingerprint density at radius 3 is 2.05 bits per heavy atom. The van der Waals surface area contributed by atoms with Crippen LogP contribution >= 0.6 is 11.8 Å². The van der Waals surface area contributed by atoms with Gasteiger partial charge in [0.2, 0.25) is 0 Å². The molecular formula is C36H42O4SSi. The zero-order valence-corrected chi connectivity index (χ0v) is 26.9. The Hall–Kier alpha value is -3.32. The monoisotopic (exact) mass is 598 g/mol. The molecule has 4 rings (SSSR count). The second-order valence-electron chi connectivity index (χ2n) is 10.9. The van der Waals surface area contributed by atoms with Crippen LogP contribution in [0.4, 0.5) is 0 Å². The molecule has 0 bridgehead atoms. The summed E-state index contributed by atoms with van der Waals surface area (Å²) < 4.78 is 17.5. The summed E-state index contributed by atoms with van der Waals surface area (Å²) in [6, 6.07) is 39.6. The van der Waals surface area contributed by atoms with Crippen molar-refractivity contribution in [3.8, 4) is 5.75 Å². The molecule has 0 saturated heterocycles. The first-order chi connectivity index (χ1) is 20.4. The van der Waals surface area contributed by atoms with Gasteiger partial charge in [0, 0.05) is 11.0 Å². The van der Waals surface area contributed by atoms with E-state index in [0.29, 0.717) is 24.7 Å². The van der Waals surface area contributed by atoms with Gasteiger partial charge in [-0.2, -0.15) is 11.8 Å². The van der Waals surface area contributed by atoms with Crippen LogP contribution in [0.3, 0.4) is 0 Å². The van der Waals surface area contributed by atoms with Crippen molar-refractivity contribution in [2.75, 3.05) is 20.0 Å². The summed E-state index contributed by atoms with van der Waals surface area (Å²) in [6.45, 7) is 5.12. The predicted octanol–water partition coefficient (Wildman–Crippen LogP) is 7.21. The smallest absolute Gasteiger partial charge is 0.306 e. The van der Waals surface area contributed by atoms with E-state index in [1.54, 1.807) is 18.9 Å². The molecule has 0 spiro atoms. The molecule has 0 fully saturated rings. The second-order valence-corrected chi connectivity index (χ2v) is 15.7. The number of benzene rings is 4. The van der Waals surface area contributed by atoms with Gasteiger partial charge in [-0.05, 0) is 57.6 Å². The van der Waals surface area contributed by atoms with Gasteiger partial charge in [0.25, 0.3) is 8.32 Å². The second kappa shape index (κ2) is 15.8. The fourth-order valence-electron chi connectivity index (χ4n) is 5.39. The van der Waals surface area contributed by atoms with Gasteiger partial charge < -0.3 is 13.9 Å². The number of esters is 1. The third-order valence-electron chi connectivity index (χ3n) is 7.39. The average Bonchev–Trinajstić information content (AvgIpc) is 3.03. The maximum Gasteiger partial charge on any atom is 0.306 e. The summed E-state index contributed by atoms with van der Waals surface area (Å²) in [6.07, 6.45) is 1.22. The SMILES string of the molecule is COC(=O)CCSC(Cc1cccc(CO[Si](CC(C)C)(c2ccccc2)c2ccccc2)c1)c1cccc(OC)c1. The molecule has 1 unspecified atom stereocenters. The van der Waals surface area contributed by atoms with Crippen LogP contribution in [0.5, 0.6) is 5.75 Å². The zero-order valence-electron chi connectivity index (χ0n) is 25.1. The highest BCUT2D eigenvalue weighted by Crippen LogP contribution is 2.35. The summed E-state index contributed by atoms with van der Waals surface area (Å²) in [4.78, 5) is 11.8. The summed E-state index contributed by atoms with van der Waals surface area (Å²) >= 11 is 1.78. The van der Waals surface area contributed by atoms with Gasteiger partial charge in [-0.25, -0.2) is 0 Å². The van der Waals surface area contributed by atoms with Gasteiger partial charge in [0.05, 0.1) is 27.2 Å². The third-order valence-corrected chi connectivity index (χ3v) is 13.2. The molecule has 220 valence electrons. The zero-order chi connectivity index (χ0) is 29.8. The van der Waals surface area contributed by atoms with Crippen LogP contribution in [0, 0.1) is 5.92 Å². The number of hydrogen-bond donors (Lipinski definition) is 0. The normalized spacial score (nSPS) is 12.2. The van der Waals surface area contributed by atoms with Crippen molar-refractivity contribution in [1.29, 1.82) is 0 Å². The first kappa shape index (κ1) is 31.6. The van der Waals surface area contributed by atoms with Crippen LogP contribution < -0.4 is 15.1 Å². The largest absolute Gasteiger partial charge is 0.497 e. The number of carbonyl (C=O) groups excluding carboxylic acids is 1. The molecule has 1 atom stereocenters. The van der Waals surface area contributed by atoms with Gasteiger partial charge in [-0.15, -0.1) is 0 Å². The lowest BCUT2D eigenvalue weighted by molar-refractivity contribution is -0.140. The Kier molecular flexibility index (Phi) is 11.9. The number of hydrogen-bond acceptors (Lipinski definition) is 5. The van der Waals surface area contributed by atoms with E-state index >= 15 is 0 Å². The lowest BCUT2D eigenvalue weighted by Crippen LogP contribution is -2.61. The molecule has 0 radical (unpaired) electrons. The van der Waals surface area contributed by atoms with E-state index < -0.39 is 8.32 Å². The molecule has 0 heterocycles. The van der Waals surface area contributed by atoms with Crippen LogP contribution in [0.25, 0.3) is 0 Å². The molecule has 0 saturated carbocycles. The maximum atomic E-state index is 11.8. The Labute approximate surface area is 256 Å². The molecule has 4 aromatic carbocycles. The minimum absolute atomic E-state index is 0.170. The van der Waals surface area contributed by atoms with Crippen molar-refractivity contribution in [2.45, 2.75) is 44.6 Å². The van der Waals surface area contributed by atoms with Gasteiger partial charge in [0.15, 0.2) is 0 Å². The molecule has 0 N–H and O–H groups in total. The Bertz CT molecular complexity index is 1350. The molecule has 6 heteroatoms. The van der Waals surface area contributed by atoms with E-state index in [0.717, 1.165) is 18.2 Å². The standard InChI is InChI=1S/C36H42O4SSi/c1-28(2)27-42(33-17-7-5-8-18-33,34-19-9-6-10-20-34)40-26-30-14-11-13-29(23-30)24-35(41-22-21-36(37)39-4)31-15-12-16-32(25-31)38-3/h5-20,23,25,28,35H,21-22,24,26-27H2,1-4H3. The van der Waals surface area contributed by atoms with Crippen molar-refractivity contribution in [1.82, 2.24) is 0 Å². The Balaban J connectivity index is 1.59. The molecule has 0 aliphatic carbocycles. The predicted molar refractivity (Wildman–Crippen MR) is 177 cm³/mol. The van der Waals surface area contributed by atoms with Crippen molar-refractivity contribution in [2.24, 2.45) is 5.92 Å². The van der Waals surface area contributed by atoms with Crippen molar-refractivity contribution < 1.29 is 18.7 Å². The van der Waals surface area contributed by atoms with Crippen LogP contribution in [-0.2, 0) is 27.0 Å². The van der Waals surface area contributed by atoms with E-state index in [-0.39, 0.29) is 11.2 Å². The quantitative estimate of drug-likeness (QED) is 0.107. The van der Waals surface area contributed by atoms with Crippen molar-refractivity contribution in [3.63, 3.8) is 0 Å². The first-order valence-corrected chi connectivity index (χ1v) is 17.7. The highest BCUT2D eigenvalue weighted by atomic mass is 32.2. The first-order valence-electron chi connectivity index (χ1n) is 14.6. The van der Waals surface area contributed by atoms with Crippen LogP contribution in [0.2, 0.25) is 6.04 Å². The molecule has 0 aliphatic rings. The van der Waals surface area contributed by atoms with Crippen LogP contribution in [0.1, 0.15) is 42.2 Å². The molecule has 42 heavy (non-hydrogen) atoms. The molecule has 4 nitrogen and oxygen atoms in total. The highest BCUT2D eigenvalue weighted by molar-refractivity contribution is 7.99. The number of methoxy groups -OCH3 is 2. The average molecular weight is 599 g/mol. The maximum absolute atomic E-state index is 11.8. The number of thioether (sulfide) groups is 1. The van der Waals surface area contributed by atoms with Crippen molar-refractivity contribution >= 4 is 36.4 Å². The molecule has 0 aliphatic heterocycles.